The summed E-state index contributed by atoms with van der Waals surface area (Å²) in [6.07, 6.45) is 2.44. The molecule has 12 heavy (non-hydrogen) atoms. The van der Waals surface area contributed by atoms with Crippen LogP contribution in [0, 0.1) is 11.3 Å². The maximum atomic E-state index is 11.3. The largest absolute Gasteiger partial charge is 0.294 e. The molecule has 0 saturated heterocycles. The number of thiophene rings is 1. The molecule has 1 aromatic heterocycles. The molecule has 0 saturated carbocycles. The van der Waals surface area contributed by atoms with Crippen molar-refractivity contribution in [3.05, 3.63) is 21.4 Å². The van der Waals surface area contributed by atoms with Crippen LogP contribution in [-0.4, -0.2) is 5.78 Å². The van der Waals surface area contributed by atoms with E-state index in [9.17, 15) is 4.79 Å². The molecule has 1 aliphatic rings. The molecule has 0 fully saturated rings. The molecule has 0 aliphatic heterocycles. The maximum absolute atomic E-state index is 11.3. The molecule has 2 rings (SSSR count). The van der Waals surface area contributed by atoms with E-state index in [2.05, 4.69) is 6.07 Å². The van der Waals surface area contributed by atoms with E-state index in [1.807, 2.05) is 5.38 Å². The van der Waals surface area contributed by atoms with Crippen LogP contribution in [0.25, 0.3) is 0 Å². The van der Waals surface area contributed by atoms with Crippen LogP contribution < -0.4 is 0 Å². The van der Waals surface area contributed by atoms with Crippen LogP contribution in [0.15, 0.2) is 5.38 Å². The van der Waals surface area contributed by atoms with Gasteiger partial charge in [-0.2, -0.15) is 5.26 Å². The monoisotopic (exact) mass is 177 g/mol. The first-order valence-electron chi connectivity index (χ1n) is 3.86. The molecule has 0 radical (unpaired) electrons. The fourth-order valence-electron chi connectivity index (χ4n) is 1.52. The second-order valence-electron chi connectivity index (χ2n) is 2.85. The smallest absolute Gasteiger partial charge is 0.164 e. The van der Waals surface area contributed by atoms with Crippen LogP contribution in [0.3, 0.4) is 0 Å². The predicted octanol–water partition coefficient (Wildman–Crippen LogP) is 2.14. The van der Waals surface area contributed by atoms with Crippen molar-refractivity contribution in [2.24, 2.45) is 0 Å². The van der Waals surface area contributed by atoms with Crippen LogP contribution in [-0.2, 0) is 6.42 Å². The Kier molecular flexibility index (Phi) is 1.70. The Morgan fingerprint density at radius 2 is 2.33 bits per heavy atom. The number of rotatable bonds is 0. The molecular weight excluding hydrogens is 170 g/mol. The number of ketones is 1. The molecule has 0 amide bonds. The highest BCUT2D eigenvalue weighted by molar-refractivity contribution is 7.11. The van der Waals surface area contributed by atoms with Crippen molar-refractivity contribution in [1.29, 1.82) is 5.26 Å². The van der Waals surface area contributed by atoms with Crippen molar-refractivity contribution in [2.75, 3.05) is 0 Å². The van der Waals surface area contributed by atoms with E-state index < -0.39 is 0 Å². The number of nitrogens with zero attached hydrogens (tertiary/aromatic N) is 1. The lowest BCUT2D eigenvalue weighted by molar-refractivity contribution is 0.0973. The van der Waals surface area contributed by atoms with Crippen LogP contribution >= 0.6 is 11.3 Å². The first-order valence-corrected chi connectivity index (χ1v) is 4.74. The second-order valence-corrected chi connectivity index (χ2v) is 3.73. The van der Waals surface area contributed by atoms with Crippen LogP contribution in [0.5, 0.6) is 0 Å². The second kappa shape index (κ2) is 2.72. The number of hydrogen-bond acceptors (Lipinski definition) is 3. The minimum atomic E-state index is 0.203. The molecule has 60 valence electrons. The van der Waals surface area contributed by atoms with E-state index in [0.29, 0.717) is 6.42 Å². The minimum Gasteiger partial charge on any atom is -0.294 e. The van der Waals surface area contributed by atoms with Gasteiger partial charge in [-0.1, -0.05) is 0 Å². The number of carbonyl (C=O) groups excluding carboxylic acids is 1. The Balaban J connectivity index is 2.57. The minimum absolute atomic E-state index is 0.203. The first-order chi connectivity index (χ1) is 5.83. The number of fused-ring (bicyclic) bond motifs is 1. The Labute approximate surface area is 74.4 Å². The van der Waals surface area contributed by atoms with Gasteiger partial charge in [-0.05, 0) is 18.4 Å². The summed E-state index contributed by atoms with van der Waals surface area (Å²) < 4.78 is 0. The lowest BCUT2D eigenvalue weighted by Gasteiger charge is -2.09. The molecule has 0 N–H and O–H groups in total. The van der Waals surface area contributed by atoms with Crippen molar-refractivity contribution in [3.8, 4) is 6.07 Å². The van der Waals surface area contributed by atoms with Crippen molar-refractivity contribution >= 4 is 17.1 Å². The molecule has 0 aromatic carbocycles. The number of hydrogen-bond donors (Lipinski definition) is 0. The highest BCUT2D eigenvalue weighted by Gasteiger charge is 2.21. The van der Waals surface area contributed by atoms with Gasteiger partial charge in [0, 0.05) is 17.4 Å². The van der Waals surface area contributed by atoms with Crippen LogP contribution in [0.2, 0.25) is 0 Å². The molecule has 1 heterocycles. The highest BCUT2D eigenvalue weighted by atomic mass is 32.1. The third kappa shape index (κ3) is 0.961. The van der Waals surface area contributed by atoms with Crippen molar-refractivity contribution in [1.82, 2.24) is 0 Å². The lowest BCUT2D eigenvalue weighted by atomic mass is 9.93. The fraction of sp³-hybridized carbons (Fsp3) is 0.333. The van der Waals surface area contributed by atoms with Gasteiger partial charge in [0.15, 0.2) is 5.78 Å². The SMILES string of the molecule is N#Cc1scc2c1CCCC2=O. The highest BCUT2D eigenvalue weighted by Crippen LogP contribution is 2.28. The van der Waals surface area contributed by atoms with Crippen LogP contribution in [0.4, 0.5) is 0 Å². The lowest BCUT2D eigenvalue weighted by Crippen LogP contribution is -2.08. The van der Waals surface area contributed by atoms with Crippen molar-refractivity contribution in [2.45, 2.75) is 19.3 Å². The summed E-state index contributed by atoms with van der Waals surface area (Å²) in [6, 6.07) is 2.12. The maximum Gasteiger partial charge on any atom is 0.164 e. The van der Waals surface area contributed by atoms with E-state index in [0.717, 1.165) is 28.8 Å². The average molecular weight is 177 g/mol. The molecule has 1 aliphatic carbocycles. The topological polar surface area (TPSA) is 40.9 Å². The van der Waals surface area contributed by atoms with E-state index >= 15 is 0 Å². The van der Waals surface area contributed by atoms with Gasteiger partial charge in [0.2, 0.25) is 0 Å². The van der Waals surface area contributed by atoms with E-state index in [1.54, 1.807) is 0 Å². The molecule has 3 heteroatoms. The molecule has 0 bridgehead atoms. The average Bonchev–Trinajstić information content (AvgIpc) is 2.49. The summed E-state index contributed by atoms with van der Waals surface area (Å²) in [5, 5.41) is 10.5. The summed E-state index contributed by atoms with van der Waals surface area (Å²) in [6.45, 7) is 0. The van der Waals surface area contributed by atoms with E-state index in [4.69, 9.17) is 5.26 Å². The Bertz CT molecular complexity index is 372. The predicted molar refractivity (Wildman–Crippen MR) is 46.3 cm³/mol. The summed E-state index contributed by atoms with van der Waals surface area (Å²) in [5.74, 6) is 0.203. The van der Waals surface area contributed by atoms with Crippen LogP contribution in [0.1, 0.15) is 33.6 Å². The van der Waals surface area contributed by atoms with E-state index in [1.165, 1.54) is 11.3 Å². The normalized spacial score (nSPS) is 15.4. The van der Waals surface area contributed by atoms with Gasteiger partial charge in [-0.3, -0.25) is 4.79 Å². The molecule has 1 aromatic rings. The van der Waals surface area contributed by atoms with Gasteiger partial charge in [-0.15, -0.1) is 11.3 Å². The summed E-state index contributed by atoms with van der Waals surface area (Å²) in [7, 11) is 0. The standard InChI is InChI=1S/C9H7NOS/c10-4-9-6-2-1-3-8(11)7(6)5-12-9/h5H,1-3H2. The van der Waals surface area contributed by atoms with Gasteiger partial charge in [0.05, 0.1) is 0 Å². The molecular formula is C9H7NOS. The molecule has 0 atom stereocenters. The zero-order valence-corrected chi connectivity index (χ0v) is 7.28. The molecule has 2 nitrogen and oxygen atoms in total. The Morgan fingerprint density at radius 1 is 1.50 bits per heavy atom. The number of nitriles is 1. The number of carbonyl (C=O) groups is 1. The zero-order valence-electron chi connectivity index (χ0n) is 6.46. The van der Waals surface area contributed by atoms with Crippen molar-refractivity contribution < 1.29 is 4.79 Å². The third-order valence-electron chi connectivity index (χ3n) is 2.13. The fourth-order valence-corrected chi connectivity index (χ4v) is 2.44. The number of Topliss-reactive ketones (excluding diaryl/α,β-unsaturated/α-hetero) is 1. The Hall–Kier alpha value is -1.14. The van der Waals surface area contributed by atoms with Crippen molar-refractivity contribution in [3.63, 3.8) is 0 Å². The Morgan fingerprint density at radius 3 is 3.08 bits per heavy atom. The third-order valence-corrected chi connectivity index (χ3v) is 3.05. The van der Waals surface area contributed by atoms with Gasteiger partial charge >= 0.3 is 0 Å². The van der Waals surface area contributed by atoms with Gasteiger partial charge < -0.3 is 0 Å². The summed E-state index contributed by atoms with van der Waals surface area (Å²) in [4.78, 5) is 12.0. The summed E-state index contributed by atoms with van der Waals surface area (Å²) >= 11 is 1.39. The van der Waals surface area contributed by atoms with E-state index in [-0.39, 0.29) is 5.78 Å². The van der Waals surface area contributed by atoms with Gasteiger partial charge in [-0.25, -0.2) is 0 Å². The zero-order chi connectivity index (χ0) is 8.55. The summed E-state index contributed by atoms with van der Waals surface area (Å²) in [5.41, 5.74) is 1.78. The van der Waals surface area contributed by atoms with Gasteiger partial charge in [0.1, 0.15) is 10.9 Å². The quantitative estimate of drug-likeness (QED) is 0.609. The molecule has 0 spiro atoms. The molecule has 0 unspecified atom stereocenters. The first kappa shape index (κ1) is 7.51. The van der Waals surface area contributed by atoms with Gasteiger partial charge in [0.25, 0.3) is 0 Å².